The molecule has 0 unspecified atom stereocenters. The number of rotatable bonds is 7. The number of amides is 1. The van der Waals surface area contributed by atoms with Crippen molar-refractivity contribution in [2.45, 2.75) is 13.0 Å². The Hall–Kier alpha value is -1.65. The third-order valence-electron chi connectivity index (χ3n) is 2.34. The van der Waals surface area contributed by atoms with E-state index in [1.165, 1.54) is 0 Å². The summed E-state index contributed by atoms with van der Waals surface area (Å²) < 4.78 is 5.28. The van der Waals surface area contributed by atoms with Gasteiger partial charge in [0.1, 0.15) is 6.04 Å². The molecule has 1 aromatic rings. The highest BCUT2D eigenvalue weighted by atomic mass is 16.5. The van der Waals surface area contributed by atoms with Crippen molar-refractivity contribution in [2.75, 3.05) is 19.8 Å². The van der Waals surface area contributed by atoms with Crippen molar-refractivity contribution in [3.05, 3.63) is 48.0 Å². The molecule has 4 nitrogen and oxygen atoms in total. The topological polar surface area (TPSA) is 64.3 Å². The molecule has 0 aliphatic heterocycles. The first-order chi connectivity index (χ1) is 8.61. The van der Waals surface area contributed by atoms with Gasteiger partial charge in [0.25, 0.3) is 0 Å². The lowest BCUT2D eigenvalue weighted by Crippen LogP contribution is -2.36. The van der Waals surface area contributed by atoms with Crippen molar-refractivity contribution in [3.8, 4) is 0 Å². The van der Waals surface area contributed by atoms with Crippen LogP contribution in [0.25, 0.3) is 0 Å². The van der Waals surface area contributed by atoms with E-state index in [1.807, 2.05) is 37.3 Å². The van der Waals surface area contributed by atoms with Gasteiger partial charge in [-0.15, -0.1) is 0 Å². The lowest BCUT2D eigenvalue weighted by molar-refractivity contribution is -0.122. The SMILES string of the molecule is C=C(C)COCCNC(=O)[C@@H](N)c1ccccc1. The van der Waals surface area contributed by atoms with Gasteiger partial charge in [-0.25, -0.2) is 0 Å². The number of carbonyl (C=O) groups excluding carboxylic acids is 1. The first kappa shape index (κ1) is 14.4. The second kappa shape index (κ2) is 7.63. The Morgan fingerprint density at radius 3 is 2.72 bits per heavy atom. The molecule has 3 N–H and O–H groups in total. The second-order valence-electron chi connectivity index (χ2n) is 4.19. The fraction of sp³-hybridized carbons (Fsp3) is 0.357. The summed E-state index contributed by atoms with van der Waals surface area (Å²) in [5, 5.41) is 2.74. The normalized spacial score (nSPS) is 11.9. The maximum atomic E-state index is 11.7. The highest BCUT2D eigenvalue weighted by molar-refractivity contribution is 5.82. The van der Waals surface area contributed by atoms with Crippen molar-refractivity contribution >= 4 is 5.91 Å². The Morgan fingerprint density at radius 1 is 1.44 bits per heavy atom. The zero-order valence-electron chi connectivity index (χ0n) is 10.7. The van der Waals surface area contributed by atoms with Crippen molar-refractivity contribution in [1.82, 2.24) is 5.32 Å². The van der Waals surface area contributed by atoms with E-state index in [0.717, 1.165) is 11.1 Å². The van der Waals surface area contributed by atoms with E-state index in [2.05, 4.69) is 11.9 Å². The largest absolute Gasteiger partial charge is 0.375 e. The Bertz CT molecular complexity index is 390. The van der Waals surface area contributed by atoms with Gasteiger partial charge in [0.15, 0.2) is 0 Å². The minimum Gasteiger partial charge on any atom is -0.375 e. The summed E-state index contributed by atoms with van der Waals surface area (Å²) in [6, 6.07) is 8.65. The second-order valence-corrected chi connectivity index (χ2v) is 4.19. The Balaban J connectivity index is 2.26. The van der Waals surface area contributed by atoms with Crippen LogP contribution in [0.4, 0.5) is 0 Å². The van der Waals surface area contributed by atoms with Gasteiger partial charge in [0.05, 0.1) is 13.2 Å². The van der Waals surface area contributed by atoms with Crippen LogP contribution in [0.2, 0.25) is 0 Å². The molecule has 1 aromatic carbocycles. The lowest BCUT2D eigenvalue weighted by Gasteiger charge is -2.12. The average Bonchev–Trinajstić information content (AvgIpc) is 2.38. The van der Waals surface area contributed by atoms with Gasteiger partial charge >= 0.3 is 0 Å². The van der Waals surface area contributed by atoms with Crippen molar-refractivity contribution in [2.24, 2.45) is 5.73 Å². The van der Waals surface area contributed by atoms with E-state index < -0.39 is 6.04 Å². The van der Waals surface area contributed by atoms with Crippen molar-refractivity contribution in [1.29, 1.82) is 0 Å². The summed E-state index contributed by atoms with van der Waals surface area (Å²) >= 11 is 0. The van der Waals surface area contributed by atoms with Gasteiger partial charge in [-0.2, -0.15) is 0 Å². The quantitative estimate of drug-likeness (QED) is 0.566. The molecule has 0 heterocycles. The van der Waals surface area contributed by atoms with Gasteiger partial charge in [0.2, 0.25) is 5.91 Å². The molecular weight excluding hydrogens is 228 g/mol. The van der Waals surface area contributed by atoms with Gasteiger partial charge in [-0.05, 0) is 12.5 Å². The molecule has 0 aromatic heterocycles. The molecule has 0 saturated carbocycles. The zero-order chi connectivity index (χ0) is 13.4. The van der Waals surface area contributed by atoms with Gasteiger partial charge in [-0.1, -0.05) is 42.5 Å². The highest BCUT2D eigenvalue weighted by Gasteiger charge is 2.14. The number of nitrogens with two attached hydrogens (primary N) is 1. The molecule has 0 spiro atoms. The molecular formula is C14H20N2O2. The third kappa shape index (κ3) is 5.12. The van der Waals surface area contributed by atoms with Crippen LogP contribution in [0.1, 0.15) is 18.5 Å². The molecule has 0 fully saturated rings. The first-order valence-electron chi connectivity index (χ1n) is 5.91. The Morgan fingerprint density at radius 2 is 2.11 bits per heavy atom. The number of carbonyl (C=O) groups is 1. The van der Waals surface area contributed by atoms with E-state index in [-0.39, 0.29) is 5.91 Å². The minimum absolute atomic E-state index is 0.194. The van der Waals surface area contributed by atoms with Gasteiger partial charge < -0.3 is 15.8 Å². The van der Waals surface area contributed by atoms with Gasteiger partial charge in [0, 0.05) is 6.54 Å². The minimum atomic E-state index is -0.632. The van der Waals surface area contributed by atoms with E-state index in [1.54, 1.807) is 0 Å². The first-order valence-corrected chi connectivity index (χ1v) is 5.91. The molecule has 1 amide bonds. The summed E-state index contributed by atoms with van der Waals surface area (Å²) in [5.74, 6) is -0.194. The molecule has 0 radical (unpaired) electrons. The number of hydrogen-bond donors (Lipinski definition) is 2. The van der Waals surface area contributed by atoms with E-state index in [4.69, 9.17) is 10.5 Å². The molecule has 0 aliphatic carbocycles. The Kier molecular flexibility index (Phi) is 6.11. The molecule has 98 valence electrons. The standard InChI is InChI=1S/C14H20N2O2/c1-11(2)10-18-9-8-16-14(17)13(15)12-6-4-3-5-7-12/h3-7,13H,1,8-10,15H2,2H3,(H,16,17)/t13-/m0/s1. The van der Waals surface area contributed by atoms with Crippen LogP contribution in [0.5, 0.6) is 0 Å². The number of nitrogens with one attached hydrogen (secondary N) is 1. The van der Waals surface area contributed by atoms with Crippen LogP contribution in [-0.2, 0) is 9.53 Å². The maximum absolute atomic E-state index is 11.7. The molecule has 0 saturated heterocycles. The van der Waals surface area contributed by atoms with Crippen LogP contribution < -0.4 is 11.1 Å². The average molecular weight is 248 g/mol. The summed E-state index contributed by atoms with van der Waals surface area (Å²) in [5.41, 5.74) is 7.60. The molecule has 0 aliphatic rings. The molecule has 18 heavy (non-hydrogen) atoms. The predicted molar refractivity (Wildman–Crippen MR) is 72.0 cm³/mol. The van der Waals surface area contributed by atoms with E-state index >= 15 is 0 Å². The summed E-state index contributed by atoms with van der Waals surface area (Å²) in [6.07, 6.45) is 0. The summed E-state index contributed by atoms with van der Waals surface area (Å²) in [6.45, 7) is 7.04. The van der Waals surface area contributed by atoms with Crippen LogP contribution in [-0.4, -0.2) is 25.7 Å². The number of hydrogen-bond acceptors (Lipinski definition) is 3. The van der Waals surface area contributed by atoms with Crippen LogP contribution in [0.3, 0.4) is 0 Å². The Labute approximate surface area is 108 Å². The fourth-order valence-electron chi connectivity index (χ4n) is 1.41. The van der Waals surface area contributed by atoms with Gasteiger partial charge in [-0.3, -0.25) is 4.79 Å². The van der Waals surface area contributed by atoms with E-state index in [9.17, 15) is 4.79 Å². The summed E-state index contributed by atoms with van der Waals surface area (Å²) in [7, 11) is 0. The monoisotopic (exact) mass is 248 g/mol. The van der Waals surface area contributed by atoms with Crippen LogP contribution in [0, 0.1) is 0 Å². The third-order valence-corrected chi connectivity index (χ3v) is 2.34. The summed E-state index contributed by atoms with van der Waals surface area (Å²) in [4.78, 5) is 11.7. The van der Waals surface area contributed by atoms with Crippen LogP contribution in [0.15, 0.2) is 42.5 Å². The molecule has 0 bridgehead atoms. The van der Waals surface area contributed by atoms with Crippen molar-refractivity contribution in [3.63, 3.8) is 0 Å². The molecule has 1 rings (SSSR count). The molecule has 1 atom stereocenters. The van der Waals surface area contributed by atoms with Crippen molar-refractivity contribution < 1.29 is 9.53 Å². The number of benzene rings is 1. The zero-order valence-corrected chi connectivity index (χ0v) is 10.7. The lowest BCUT2D eigenvalue weighted by atomic mass is 10.1. The number of ether oxygens (including phenoxy) is 1. The van der Waals surface area contributed by atoms with E-state index in [0.29, 0.717) is 19.8 Å². The van der Waals surface area contributed by atoms with Crippen LogP contribution >= 0.6 is 0 Å². The predicted octanol–water partition coefficient (Wildman–Crippen LogP) is 1.40. The fourth-order valence-corrected chi connectivity index (χ4v) is 1.41. The molecule has 4 heteroatoms. The maximum Gasteiger partial charge on any atom is 0.241 e. The smallest absolute Gasteiger partial charge is 0.241 e. The highest BCUT2D eigenvalue weighted by Crippen LogP contribution is 2.08.